The maximum absolute atomic E-state index is 13.0. The Balaban J connectivity index is 1.66. The van der Waals surface area contributed by atoms with E-state index in [1.807, 2.05) is 24.3 Å². The van der Waals surface area contributed by atoms with Crippen LogP contribution in [0.5, 0.6) is 0 Å². The van der Waals surface area contributed by atoms with E-state index in [-0.39, 0.29) is 10.8 Å². The van der Waals surface area contributed by atoms with Gasteiger partial charge >= 0.3 is 0 Å². The number of H-pyrrole nitrogens is 1. The Hall–Kier alpha value is -2.64. The summed E-state index contributed by atoms with van der Waals surface area (Å²) in [5.41, 5.74) is 3.61. The molecule has 0 saturated carbocycles. The Kier molecular flexibility index (Phi) is 4.05. The van der Waals surface area contributed by atoms with Gasteiger partial charge in [-0.3, -0.25) is 4.79 Å². The minimum atomic E-state index is -3.61. The number of nitrogens with zero attached hydrogens (tertiary/aromatic N) is 1. The Morgan fingerprint density at radius 2 is 1.85 bits per heavy atom. The first kappa shape index (κ1) is 16.8. The minimum absolute atomic E-state index is 0.202. The van der Waals surface area contributed by atoms with Crippen LogP contribution in [-0.2, 0) is 23.0 Å². The van der Waals surface area contributed by atoms with Gasteiger partial charge in [0.05, 0.1) is 4.90 Å². The summed E-state index contributed by atoms with van der Waals surface area (Å²) in [7, 11) is -2.07. The van der Waals surface area contributed by atoms with Crippen LogP contribution >= 0.6 is 0 Å². The summed E-state index contributed by atoms with van der Waals surface area (Å²) in [6.07, 6.45) is 0.652. The molecule has 2 heterocycles. The van der Waals surface area contributed by atoms with E-state index in [9.17, 15) is 13.2 Å². The monoisotopic (exact) mass is 369 g/mol. The second-order valence-electron chi connectivity index (χ2n) is 6.32. The molecule has 7 heteroatoms. The maximum Gasteiger partial charge on any atom is 0.251 e. The van der Waals surface area contributed by atoms with Gasteiger partial charge in [-0.15, -0.1) is 0 Å². The molecule has 26 heavy (non-hydrogen) atoms. The summed E-state index contributed by atoms with van der Waals surface area (Å²) in [6, 6.07) is 14.0. The zero-order valence-electron chi connectivity index (χ0n) is 14.3. The van der Waals surface area contributed by atoms with Crippen molar-refractivity contribution in [3.05, 3.63) is 65.4 Å². The van der Waals surface area contributed by atoms with Crippen LogP contribution in [0.25, 0.3) is 10.9 Å². The van der Waals surface area contributed by atoms with E-state index < -0.39 is 10.0 Å². The Morgan fingerprint density at radius 1 is 1.12 bits per heavy atom. The lowest BCUT2D eigenvalue weighted by Gasteiger charge is -2.26. The molecule has 1 aliphatic rings. The fourth-order valence-electron chi connectivity index (χ4n) is 3.42. The first-order chi connectivity index (χ1) is 12.5. The van der Waals surface area contributed by atoms with Gasteiger partial charge in [0.1, 0.15) is 0 Å². The average molecular weight is 369 g/mol. The first-order valence-electron chi connectivity index (χ1n) is 8.41. The minimum Gasteiger partial charge on any atom is -0.358 e. The SMILES string of the molecule is CNC(=O)c1ccc(S(=O)(=O)N2CCc3[nH]c4ccccc4c3C2)cc1. The van der Waals surface area contributed by atoms with Crippen LogP contribution in [0.15, 0.2) is 53.4 Å². The normalized spacial score (nSPS) is 15.0. The fraction of sp³-hybridized carbons (Fsp3) is 0.211. The van der Waals surface area contributed by atoms with Gasteiger partial charge in [0, 0.05) is 48.7 Å². The number of nitrogens with one attached hydrogen (secondary N) is 2. The number of hydrogen-bond donors (Lipinski definition) is 2. The van der Waals surface area contributed by atoms with E-state index in [0.29, 0.717) is 25.1 Å². The summed E-state index contributed by atoms with van der Waals surface area (Å²) in [5, 5.41) is 3.59. The number of aromatic amines is 1. The second kappa shape index (κ2) is 6.26. The number of para-hydroxylation sites is 1. The van der Waals surface area contributed by atoms with Crippen LogP contribution in [0.3, 0.4) is 0 Å². The highest BCUT2D eigenvalue weighted by molar-refractivity contribution is 7.89. The molecule has 4 rings (SSSR count). The summed E-state index contributed by atoms with van der Waals surface area (Å²) in [6.45, 7) is 0.776. The van der Waals surface area contributed by atoms with Crippen molar-refractivity contribution in [1.29, 1.82) is 0 Å². The summed E-state index contributed by atoms with van der Waals surface area (Å²) in [4.78, 5) is 15.2. The largest absolute Gasteiger partial charge is 0.358 e. The average Bonchev–Trinajstić information content (AvgIpc) is 3.05. The Labute approximate surface area is 151 Å². The van der Waals surface area contributed by atoms with Gasteiger partial charge in [-0.1, -0.05) is 18.2 Å². The van der Waals surface area contributed by atoms with Crippen molar-refractivity contribution in [1.82, 2.24) is 14.6 Å². The highest BCUT2D eigenvalue weighted by atomic mass is 32.2. The highest BCUT2D eigenvalue weighted by Gasteiger charge is 2.30. The molecule has 0 fully saturated rings. The number of sulfonamides is 1. The maximum atomic E-state index is 13.0. The molecule has 0 bridgehead atoms. The molecule has 134 valence electrons. The number of aromatic nitrogens is 1. The molecule has 1 aromatic heterocycles. The van der Waals surface area contributed by atoms with Crippen molar-refractivity contribution in [3.8, 4) is 0 Å². The standard InChI is InChI=1S/C19H19N3O3S/c1-20-19(23)13-6-8-14(9-7-13)26(24,25)22-11-10-18-16(12-22)15-4-2-3-5-17(15)21-18/h2-9,21H,10-12H2,1H3,(H,20,23). The Morgan fingerprint density at radius 3 is 2.58 bits per heavy atom. The van der Waals surface area contributed by atoms with Gasteiger partial charge in [0.2, 0.25) is 10.0 Å². The van der Waals surface area contributed by atoms with Crippen LogP contribution in [0.1, 0.15) is 21.6 Å². The molecule has 0 saturated heterocycles. The number of rotatable bonds is 3. The topological polar surface area (TPSA) is 82.3 Å². The summed E-state index contributed by atoms with van der Waals surface area (Å²) >= 11 is 0. The van der Waals surface area contributed by atoms with E-state index in [2.05, 4.69) is 10.3 Å². The lowest BCUT2D eigenvalue weighted by Crippen LogP contribution is -2.35. The molecule has 1 aliphatic heterocycles. The highest BCUT2D eigenvalue weighted by Crippen LogP contribution is 2.30. The zero-order valence-corrected chi connectivity index (χ0v) is 15.1. The number of amides is 1. The van der Waals surface area contributed by atoms with E-state index in [1.54, 1.807) is 7.05 Å². The van der Waals surface area contributed by atoms with Crippen LogP contribution in [0.2, 0.25) is 0 Å². The predicted octanol–water partition coefficient (Wildman–Crippen LogP) is 2.27. The van der Waals surface area contributed by atoms with Gasteiger partial charge in [0.25, 0.3) is 5.91 Å². The van der Waals surface area contributed by atoms with E-state index >= 15 is 0 Å². The van der Waals surface area contributed by atoms with Gasteiger partial charge in [0.15, 0.2) is 0 Å². The third kappa shape index (κ3) is 2.69. The van der Waals surface area contributed by atoms with Gasteiger partial charge in [-0.25, -0.2) is 8.42 Å². The second-order valence-corrected chi connectivity index (χ2v) is 8.26. The van der Waals surface area contributed by atoms with Crippen molar-refractivity contribution in [2.75, 3.05) is 13.6 Å². The molecule has 6 nitrogen and oxygen atoms in total. The molecule has 3 aromatic rings. The molecule has 0 radical (unpaired) electrons. The van der Waals surface area contributed by atoms with Crippen molar-refractivity contribution < 1.29 is 13.2 Å². The molecular weight excluding hydrogens is 350 g/mol. The fourth-order valence-corrected chi connectivity index (χ4v) is 4.83. The van der Waals surface area contributed by atoms with Gasteiger partial charge in [-0.2, -0.15) is 4.31 Å². The van der Waals surface area contributed by atoms with Crippen LogP contribution < -0.4 is 5.32 Å². The van der Waals surface area contributed by atoms with Crippen LogP contribution in [-0.4, -0.2) is 37.2 Å². The predicted molar refractivity (Wildman–Crippen MR) is 99.4 cm³/mol. The van der Waals surface area contributed by atoms with Crippen molar-refractivity contribution in [3.63, 3.8) is 0 Å². The molecule has 1 amide bonds. The number of benzene rings is 2. The zero-order chi connectivity index (χ0) is 18.3. The van der Waals surface area contributed by atoms with E-state index in [1.165, 1.54) is 28.6 Å². The smallest absolute Gasteiger partial charge is 0.251 e. The lowest BCUT2D eigenvalue weighted by molar-refractivity contribution is 0.0963. The van der Waals surface area contributed by atoms with Crippen molar-refractivity contribution in [2.45, 2.75) is 17.9 Å². The quantitative estimate of drug-likeness (QED) is 0.743. The first-order valence-corrected chi connectivity index (χ1v) is 9.85. The number of hydrogen-bond acceptors (Lipinski definition) is 3. The summed E-state index contributed by atoms with van der Waals surface area (Å²) in [5.74, 6) is -0.240. The van der Waals surface area contributed by atoms with E-state index in [0.717, 1.165) is 22.2 Å². The molecule has 0 aliphatic carbocycles. The Bertz CT molecular complexity index is 1080. The molecule has 0 unspecified atom stereocenters. The number of fused-ring (bicyclic) bond motifs is 3. The lowest BCUT2D eigenvalue weighted by atomic mass is 10.1. The van der Waals surface area contributed by atoms with E-state index in [4.69, 9.17) is 0 Å². The van der Waals surface area contributed by atoms with Crippen molar-refractivity contribution >= 4 is 26.8 Å². The molecule has 0 spiro atoms. The van der Waals surface area contributed by atoms with Gasteiger partial charge < -0.3 is 10.3 Å². The van der Waals surface area contributed by atoms with Crippen molar-refractivity contribution in [2.24, 2.45) is 0 Å². The number of carbonyl (C=O) groups excluding carboxylic acids is 1. The molecular formula is C19H19N3O3S. The van der Waals surface area contributed by atoms with Gasteiger partial charge in [-0.05, 0) is 35.9 Å². The summed E-state index contributed by atoms with van der Waals surface area (Å²) < 4.78 is 27.5. The van der Waals surface area contributed by atoms with Crippen LogP contribution in [0.4, 0.5) is 0 Å². The number of carbonyl (C=O) groups is 1. The molecule has 0 atom stereocenters. The third-order valence-corrected chi connectivity index (χ3v) is 6.69. The van der Waals surface area contributed by atoms with Crippen LogP contribution in [0, 0.1) is 0 Å². The molecule has 2 aromatic carbocycles. The molecule has 2 N–H and O–H groups in total. The third-order valence-electron chi connectivity index (χ3n) is 4.83.